The molecule has 0 saturated heterocycles. The number of halogens is 1. The zero-order chi connectivity index (χ0) is 10.6. The molecule has 1 aromatic carbocycles. The molecule has 1 aromatic rings. The first-order valence-electron chi connectivity index (χ1n) is 5.10. The second-order valence-corrected chi connectivity index (χ2v) is 4.57. The smallest absolute Gasteiger partial charge is 0.0406 e. The molecule has 0 radical (unpaired) electrons. The molecule has 0 unspecified atom stereocenters. The minimum absolute atomic E-state index is 0.148. The van der Waals surface area contributed by atoms with Crippen LogP contribution in [0.2, 0.25) is 5.02 Å². The lowest BCUT2D eigenvalue weighted by molar-refractivity contribution is 0.507. The van der Waals surface area contributed by atoms with Crippen LogP contribution in [0.25, 0.3) is 0 Å². The highest BCUT2D eigenvalue weighted by molar-refractivity contribution is 6.30. The molecule has 0 fully saturated rings. The normalized spacial score (nSPS) is 13.2. The molecular formula is C12H18ClN. The molecule has 0 amide bonds. The minimum Gasteiger partial charge on any atom is -0.324 e. The first-order chi connectivity index (χ1) is 6.59. The molecule has 2 heteroatoms. The van der Waals surface area contributed by atoms with Gasteiger partial charge in [0.05, 0.1) is 0 Å². The van der Waals surface area contributed by atoms with Gasteiger partial charge in [0, 0.05) is 11.1 Å². The summed E-state index contributed by atoms with van der Waals surface area (Å²) in [5, 5.41) is 0.768. The van der Waals surface area contributed by atoms with Crippen molar-refractivity contribution in [3.05, 3.63) is 34.9 Å². The summed E-state index contributed by atoms with van der Waals surface area (Å²) in [6, 6.07) is 7.95. The van der Waals surface area contributed by atoms with E-state index >= 15 is 0 Å². The van der Waals surface area contributed by atoms with Gasteiger partial charge in [-0.3, -0.25) is 0 Å². The van der Waals surface area contributed by atoms with E-state index in [1.165, 1.54) is 12.0 Å². The van der Waals surface area contributed by atoms with Crippen molar-refractivity contribution in [1.82, 2.24) is 0 Å². The van der Waals surface area contributed by atoms with E-state index in [2.05, 4.69) is 13.8 Å². The van der Waals surface area contributed by atoms with Crippen LogP contribution < -0.4 is 5.73 Å². The first-order valence-corrected chi connectivity index (χ1v) is 5.48. The second-order valence-electron chi connectivity index (χ2n) is 4.13. The molecule has 0 aromatic heterocycles. The van der Waals surface area contributed by atoms with Gasteiger partial charge in [-0.25, -0.2) is 0 Å². The van der Waals surface area contributed by atoms with Crippen molar-refractivity contribution in [3.8, 4) is 0 Å². The van der Waals surface area contributed by atoms with Crippen LogP contribution in [-0.2, 0) is 0 Å². The molecule has 14 heavy (non-hydrogen) atoms. The van der Waals surface area contributed by atoms with Crippen LogP contribution in [-0.4, -0.2) is 0 Å². The van der Waals surface area contributed by atoms with Crippen LogP contribution in [0.15, 0.2) is 24.3 Å². The van der Waals surface area contributed by atoms with Crippen molar-refractivity contribution < 1.29 is 0 Å². The Kier molecular flexibility index (Phi) is 4.43. The third-order valence-electron chi connectivity index (χ3n) is 2.35. The van der Waals surface area contributed by atoms with Gasteiger partial charge >= 0.3 is 0 Å². The second kappa shape index (κ2) is 5.38. The molecule has 0 aliphatic carbocycles. The van der Waals surface area contributed by atoms with Gasteiger partial charge in [-0.15, -0.1) is 0 Å². The molecule has 2 N–H and O–H groups in total. The van der Waals surface area contributed by atoms with Crippen LogP contribution in [0, 0.1) is 5.92 Å². The van der Waals surface area contributed by atoms with Gasteiger partial charge in [0.2, 0.25) is 0 Å². The number of hydrogen-bond acceptors (Lipinski definition) is 1. The highest BCUT2D eigenvalue weighted by Crippen LogP contribution is 2.20. The van der Waals surface area contributed by atoms with E-state index in [-0.39, 0.29) is 6.04 Å². The van der Waals surface area contributed by atoms with Crippen LogP contribution in [0.1, 0.15) is 38.3 Å². The molecule has 0 saturated carbocycles. The fourth-order valence-corrected chi connectivity index (χ4v) is 1.52. The van der Waals surface area contributed by atoms with Crippen LogP contribution in [0.3, 0.4) is 0 Å². The van der Waals surface area contributed by atoms with Crippen molar-refractivity contribution in [2.24, 2.45) is 11.7 Å². The van der Waals surface area contributed by atoms with E-state index in [0.717, 1.165) is 11.4 Å². The van der Waals surface area contributed by atoms with Crippen molar-refractivity contribution >= 4 is 11.6 Å². The van der Waals surface area contributed by atoms with Gasteiger partial charge in [-0.05, 0) is 36.5 Å². The van der Waals surface area contributed by atoms with Gasteiger partial charge in [0.1, 0.15) is 0 Å². The van der Waals surface area contributed by atoms with Crippen LogP contribution in [0.4, 0.5) is 0 Å². The lowest BCUT2D eigenvalue weighted by Gasteiger charge is -2.13. The van der Waals surface area contributed by atoms with Crippen molar-refractivity contribution in [2.75, 3.05) is 0 Å². The van der Waals surface area contributed by atoms with Gasteiger partial charge in [0.25, 0.3) is 0 Å². The van der Waals surface area contributed by atoms with E-state index in [4.69, 9.17) is 17.3 Å². The highest BCUT2D eigenvalue weighted by atomic mass is 35.5. The summed E-state index contributed by atoms with van der Waals surface area (Å²) in [4.78, 5) is 0. The van der Waals surface area contributed by atoms with E-state index in [0.29, 0.717) is 5.92 Å². The number of rotatable bonds is 4. The van der Waals surface area contributed by atoms with Gasteiger partial charge in [-0.1, -0.05) is 37.6 Å². The van der Waals surface area contributed by atoms with Crippen molar-refractivity contribution in [1.29, 1.82) is 0 Å². The molecular weight excluding hydrogens is 194 g/mol. The largest absolute Gasteiger partial charge is 0.324 e. The first kappa shape index (κ1) is 11.5. The Morgan fingerprint density at radius 2 is 1.71 bits per heavy atom. The molecule has 1 atom stereocenters. The lowest BCUT2D eigenvalue weighted by atomic mass is 9.98. The van der Waals surface area contributed by atoms with Gasteiger partial charge < -0.3 is 5.73 Å². The third-order valence-corrected chi connectivity index (χ3v) is 2.61. The average Bonchev–Trinajstić information content (AvgIpc) is 2.15. The Bertz CT molecular complexity index is 266. The molecule has 0 spiro atoms. The summed E-state index contributed by atoms with van der Waals surface area (Å²) < 4.78 is 0. The van der Waals surface area contributed by atoms with E-state index < -0.39 is 0 Å². The van der Waals surface area contributed by atoms with Crippen molar-refractivity contribution in [2.45, 2.75) is 32.7 Å². The zero-order valence-corrected chi connectivity index (χ0v) is 9.59. The molecule has 0 aliphatic rings. The summed E-state index contributed by atoms with van der Waals surface area (Å²) >= 11 is 5.80. The molecule has 78 valence electrons. The Morgan fingerprint density at radius 3 is 2.21 bits per heavy atom. The summed E-state index contributed by atoms with van der Waals surface area (Å²) in [5.74, 6) is 0.716. The van der Waals surface area contributed by atoms with Gasteiger partial charge in [-0.2, -0.15) is 0 Å². The number of nitrogens with two attached hydrogens (primary N) is 1. The van der Waals surface area contributed by atoms with E-state index in [1.807, 2.05) is 24.3 Å². The minimum atomic E-state index is 0.148. The fraction of sp³-hybridized carbons (Fsp3) is 0.500. The quantitative estimate of drug-likeness (QED) is 0.806. The number of benzene rings is 1. The zero-order valence-electron chi connectivity index (χ0n) is 8.83. The summed E-state index contributed by atoms with van der Waals surface area (Å²) in [7, 11) is 0. The molecule has 0 heterocycles. The van der Waals surface area contributed by atoms with Gasteiger partial charge in [0.15, 0.2) is 0 Å². The molecule has 1 nitrogen and oxygen atoms in total. The fourth-order valence-electron chi connectivity index (χ4n) is 1.39. The molecule has 1 rings (SSSR count). The van der Waals surface area contributed by atoms with Crippen LogP contribution in [0.5, 0.6) is 0 Å². The summed E-state index contributed by atoms with van der Waals surface area (Å²) in [6.07, 6.45) is 2.21. The summed E-state index contributed by atoms with van der Waals surface area (Å²) in [6.45, 7) is 4.43. The predicted octanol–water partition coefficient (Wildman–Crippen LogP) is 3.78. The standard InChI is InChI=1S/C12H18ClN/c1-9(2)3-8-12(14)10-4-6-11(13)7-5-10/h4-7,9,12H,3,8,14H2,1-2H3/t12-/m1/s1. The van der Waals surface area contributed by atoms with Crippen molar-refractivity contribution in [3.63, 3.8) is 0 Å². The Labute approximate surface area is 91.3 Å². The average molecular weight is 212 g/mol. The Balaban J connectivity index is 2.52. The maximum Gasteiger partial charge on any atom is 0.0406 e. The third kappa shape index (κ3) is 3.69. The predicted molar refractivity (Wildman–Crippen MR) is 62.5 cm³/mol. The molecule has 0 aliphatic heterocycles. The Hall–Kier alpha value is -0.530. The van der Waals surface area contributed by atoms with E-state index in [9.17, 15) is 0 Å². The Morgan fingerprint density at radius 1 is 1.14 bits per heavy atom. The topological polar surface area (TPSA) is 26.0 Å². The maximum absolute atomic E-state index is 6.05. The highest BCUT2D eigenvalue weighted by Gasteiger charge is 2.06. The lowest BCUT2D eigenvalue weighted by Crippen LogP contribution is -2.10. The summed E-state index contributed by atoms with van der Waals surface area (Å²) in [5.41, 5.74) is 7.23. The monoisotopic (exact) mass is 211 g/mol. The van der Waals surface area contributed by atoms with E-state index in [1.54, 1.807) is 0 Å². The maximum atomic E-state index is 6.05. The van der Waals surface area contributed by atoms with Crippen LogP contribution >= 0.6 is 11.6 Å². The SMILES string of the molecule is CC(C)CC[C@@H](N)c1ccc(Cl)cc1. The number of hydrogen-bond donors (Lipinski definition) is 1. The molecule has 0 bridgehead atoms.